The minimum absolute atomic E-state index is 0.0493. The highest BCUT2D eigenvalue weighted by atomic mass is 79.9. The fraction of sp³-hybridized carbons (Fsp3) is 0.538. The number of aromatic nitrogens is 1. The number of halogens is 1. The maximum Gasteiger partial charge on any atom is 0.252 e. The average Bonchev–Trinajstić information content (AvgIpc) is 2.83. The molecule has 2 rings (SSSR count). The van der Waals surface area contributed by atoms with Crippen molar-refractivity contribution in [1.29, 1.82) is 0 Å². The summed E-state index contributed by atoms with van der Waals surface area (Å²) in [5.41, 5.74) is 0.602. The number of hydrogen-bond donors (Lipinski definition) is 1. The molecule has 1 atom stereocenters. The number of hydrogen-bond acceptors (Lipinski definition) is 3. The Hall–Kier alpha value is -0.940. The van der Waals surface area contributed by atoms with Crippen molar-refractivity contribution >= 4 is 21.8 Å². The van der Waals surface area contributed by atoms with Gasteiger partial charge in [-0.05, 0) is 47.9 Å². The highest BCUT2D eigenvalue weighted by molar-refractivity contribution is 9.10. The van der Waals surface area contributed by atoms with Gasteiger partial charge in [-0.15, -0.1) is 0 Å². The molecule has 5 heteroatoms. The van der Waals surface area contributed by atoms with Gasteiger partial charge in [0, 0.05) is 29.5 Å². The van der Waals surface area contributed by atoms with Crippen LogP contribution in [-0.4, -0.2) is 41.5 Å². The number of nitrogens with one attached hydrogen (secondary N) is 1. The summed E-state index contributed by atoms with van der Waals surface area (Å²) < 4.78 is 0.825. The zero-order chi connectivity index (χ0) is 13.0. The molecule has 1 aromatic rings. The van der Waals surface area contributed by atoms with E-state index in [1.54, 1.807) is 18.5 Å². The number of rotatable bonds is 4. The van der Waals surface area contributed by atoms with Gasteiger partial charge in [-0.1, -0.05) is 6.92 Å². The summed E-state index contributed by atoms with van der Waals surface area (Å²) >= 11 is 3.32. The van der Waals surface area contributed by atoms with Gasteiger partial charge in [-0.3, -0.25) is 14.7 Å². The van der Waals surface area contributed by atoms with Crippen molar-refractivity contribution in [2.75, 3.05) is 19.6 Å². The molecule has 1 aromatic heterocycles. The standard InChI is InChI=1S/C13H18BrN3O/c1-2-17-5-3-4-12(17)9-16-13(18)10-6-11(14)8-15-7-10/h6-8,12H,2-5,9H2,1H3,(H,16,18)/t12-/m0/s1. The lowest BCUT2D eigenvalue weighted by atomic mass is 10.2. The van der Waals surface area contributed by atoms with Crippen molar-refractivity contribution < 1.29 is 4.79 Å². The van der Waals surface area contributed by atoms with Gasteiger partial charge in [0.05, 0.1) is 5.56 Å². The predicted octanol–water partition coefficient (Wildman–Crippen LogP) is 2.06. The highest BCUT2D eigenvalue weighted by Gasteiger charge is 2.23. The predicted molar refractivity (Wildman–Crippen MR) is 74.5 cm³/mol. The molecule has 1 saturated heterocycles. The molecule has 1 amide bonds. The number of likely N-dealkylation sites (tertiary alicyclic amines) is 1. The molecule has 1 N–H and O–H groups in total. The Balaban J connectivity index is 1.88. The molecule has 2 heterocycles. The molecular formula is C13H18BrN3O. The molecule has 0 aliphatic carbocycles. The van der Waals surface area contributed by atoms with E-state index in [2.05, 4.69) is 38.1 Å². The summed E-state index contributed by atoms with van der Waals surface area (Å²) in [7, 11) is 0. The number of carbonyl (C=O) groups is 1. The largest absolute Gasteiger partial charge is 0.350 e. The van der Waals surface area contributed by atoms with Crippen LogP contribution in [0.25, 0.3) is 0 Å². The van der Waals surface area contributed by atoms with Crippen LogP contribution in [0, 0.1) is 0 Å². The van der Waals surface area contributed by atoms with Crippen LogP contribution in [0.5, 0.6) is 0 Å². The summed E-state index contributed by atoms with van der Waals surface area (Å²) in [6.45, 7) is 5.09. The molecule has 1 aliphatic rings. The van der Waals surface area contributed by atoms with Crippen LogP contribution in [0.1, 0.15) is 30.1 Å². The first-order valence-electron chi connectivity index (χ1n) is 6.33. The second kappa shape index (κ2) is 6.29. The molecule has 0 spiro atoms. The fourth-order valence-electron chi connectivity index (χ4n) is 2.39. The van der Waals surface area contributed by atoms with Crippen molar-refractivity contribution in [3.63, 3.8) is 0 Å². The van der Waals surface area contributed by atoms with Gasteiger partial charge in [-0.25, -0.2) is 0 Å². The third-order valence-electron chi connectivity index (χ3n) is 3.37. The lowest BCUT2D eigenvalue weighted by Crippen LogP contribution is -2.40. The van der Waals surface area contributed by atoms with E-state index in [1.165, 1.54) is 12.8 Å². The van der Waals surface area contributed by atoms with E-state index in [1.807, 2.05) is 0 Å². The molecule has 0 bridgehead atoms. The smallest absolute Gasteiger partial charge is 0.252 e. The molecule has 0 saturated carbocycles. The van der Waals surface area contributed by atoms with Crippen molar-refractivity contribution in [3.8, 4) is 0 Å². The third-order valence-corrected chi connectivity index (χ3v) is 3.80. The number of carbonyl (C=O) groups excluding carboxylic acids is 1. The summed E-state index contributed by atoms with van der Waals surface area (Å²) in [5, 5.41) is 2.99. The topological polar surface area (TPSA) is 45.2 Å². The second-order valence-electron chi connectivity index (χ2n) is 4.53. The molecule has 0 radical (unpaired) electrons. The van der Waals surface area contributed by atoms with Crippen molar-refractivity contribution in [2.24, 2.45) is 0 Å². The van der Waals surface area contributed by atoms with Crippen LogP contribution in [-0.2, 0) is 0 Å². The van der Waals surface area contributed by atoms with Gasteiger partial charge in [0.15, 0.2) is 0 Å². The quantitative estimate of drug-likeness (QED) is 0.925. The second-order valence-corrected chi connectivity index (χ2v) is 5.44. The minimum Gasteiger partial charge on any atom is -0.350 e. The fourth-order valence-corrected chi connectivity index (χ4v) is 2.76. The number of amides is 1. The Kier molecular flexibility index (Phi) is 4.72. The Bertz CT molecular complexity index is 424. The van der Waals surface area contributed by atoms with Crippen LogP contribution < -0.4 is 5.32 Å². The van der Waals surface area contributed by atoms with Crippen molar-refractivity contribution in [2.45, 2.75) is 25.8 Å². The molecular weight excluding hydrogens is 294 g/mol. The summed E-state index contributed by atoms with van der Waals surface area (Å²) in [4.78, 5) is 18.4. The SMILES string of the molecule is CCN1CCC[C@H]1CNC(=O)c1cncc(Br)c1. The summed E-state index contributed by atoms with van der Waals surface area (Å²) in [6, 6.07) is 2.27. The van der Waals surface area contributed by atoms with Crippen LogP contribution in [0.3, 0.4) is 0 Å². The Labute approximate surface area is 116 Å². The summed E-state index contributed by atoms with van der Waals surface area (Å²) in [6.07, 6.45) is 5.66. The maximum absolute atomic E-state index is 12.0. The van der Waals surface area contributed by atoms with E-state index in [0.29, 0.717) is 11.6 Å². The Morgan fingerprint density at radius 1 is 1.61 bits per heavy atom. The van der Waals surface area contributed by atoms with Gasteiger partial charge in [0.1, 0.15) is 0 Å². The van der Waals surface area contributed by atoms with Crippen molar-refractivity contribution in [3.05, 3.63) is 28.5 Å². The van der Waals surface area contributed by atoms with Gasteiger partial charge in [0.25, 0.3) is 5.91 Å². The maximum atomic E-state index is 12.0. The number of pyridine rings is 1. The highest BCUT2D eigenvalue weighted by Crippen LogP contribution is 2.16. The normalized spacial score (nSPS) is 20.0. The first kappa shape index (κ1) is 13.5. The van der Waals surface area contributed by atoms with E-state index >= 15 is 0 Å². The first-order valence-corrected chi connectivity index (χ1v) is 7.13. The Morgan fingerprint density at radius 3 is 3.17 bits per heavy atom. The molecule has 0 unspecified atom stereocenters. The monoisotopic (exact) mass is 311 g/mol. The molecule has 1 aliphatic heterocycles. The van der Waals surface area contributed by atoms with E-state index < -0.39 is 0 Å². The van der Waals surface area contributed by atoms with Crippen LogP contribution >= 0.6 is 15.9 Å². The van der Waals surface area contributed by atoms with Crippen molar-refractivity contribution in [1.82, 2.24) is 15.2 Å². The van der Waals surface area contributed by atoms with Crippen LogP contribution in [0.4, 0.5) is 0 Å². The summed E-state index contributed by atoms with van der Waals surface area (Å²) in [5.74, 6) is -0.0493. The van der Waals surface area contributed by atoms with E-state index in [9.17, 15) is 4.79 Å². The van der Waals surface area contributed by atoms with Gasteiger partial charge >= 0.3 is 0 Å². The van der Waals surface area contributed by atoms with E-state index in [0.717, 1.165) is 24.1 Å². The first-order chi connectivity index (χ1) is 8.70. The third kappa shape index (κ3) is 3.29. The molecule has 0 aromatic carbocycles. The zero-order valence-corrected chi connectivity index (χ0v) is 12.1. The van der Waals surface area contributed by atoms with Gasteiger partial charge in [0.2, 0.25) is 0 Å². The Morgan fingerprint density at radius 2 is 2.44 bits per heavy atom. The average molecular weight is 312 g/mol. The van der Waals surface area contributed by atoms with Gasteiger partial charge < -0.3 is 5.32 Å². The zero-order valence-electron chi connectivity index (χ0n) is 10.5. The molecule has 18 heavy (non-hydrogen) atoms. The molecule has 4 nitrogen and oxygen atoms in total. The minimum atomic E-state index is -0.0493. The molecule has 98 valence electrons. The lowest BCUT2D eigenvalue weighted by molar-refractivity contribution is 0.0941. The number of nitrogens with zero attached hydrogens (tertiary/aromatic N) is 2. The van der Waals surface area contributed by atoms with E-state index in [4.69, 9.17) is 0 Å². The van der Waals surface area contributed by atoms with E-state index in [-0.39, 0.29) is 5.91 Å². The number of likely N-dealkylation sites (N-methyl/N-ethyl adjacent to an activating group) is 1. The van der Waals surface area contributed by atoms with Crippen LogP contribution in [0.15, 0.2) is 22.9 Å². The van der Waals surface area contributed by atoms with Gasteiger partial charge in [-0.2, -0.15) is 0 Å². The lowest BCUT2D eigenvalue weighted by Gasteiger charge is -2.22. The molecule has 1 fully saturated rings. The van der Waals surface area contributed by atoms with Crippen LogP contribution in [0.2, 0.25) is 0 Å².